The minimum absolute atomic E-state index is 0.293. The third kappa shape index (κ3) is 3.59. The first kappa shape index (κ1) is 19.8. The van der Waals surface area contributed by atoms with Crippen LogP contribution in [0.1, 0.15) is 39.2 Å². The highest BCUT2D eigenvalue weighted by atomic mass is 32.2. The second-order valence-electron chi connectivity index (χ2n) is 8.24. The Balaban J connectivity index is 1.86. The van der Waals surface area contributed by atoms with Crippen LogP contribution in [0.3, 0.4) is 0 Å². The number of sulfone groups is 1. The molecule has 0 amide bonds. The van der Waals surface area contributed by atoms with Gasteiger partial charge in [-0.2, -0.15) is 5.26 Å². The van der Waals surface area contributed by atoms with E-state index >= 15 is 0 Å². The Hall–Kier alpha value is -1.97. The van der Waals surface area contributed by atoms with Crippen molar-refractivity contribution < 1.29 is 13.2 Å². The highest BCUT2D eigenvalue weighted by Crippen LogP contribution is 2.39. The van der Waals surface area contributed by atoms with Crippen molar-refractivity contribution in [3.05, 3.63) is 41.5 Å². The van der Waals surface area contributed by atoms with Crippen molar-refractivity contribution in [1.82, 2.24) is 0 Å². The van der Waals surface area contributed by atoms with Crippen molar-refractivity contribution in [2.75, 3.05) is 13.2 Å². The number of nitrogens with zero attached hydrogens (tertiary/aromatic N) is 2. The Morgan fingerprint density at radius 3 is 2.78 bits per heavy atom. The lowest BCUT2D eigenvalue weighted by Gasteiger charge is -2.38. The van der Waals surface area contributed by atoms with Gasteiger partial charge < -0.3 is 4.74 Å². The van der Waals surface area contributed by atoms with E-state index in [1.807, 2.05) is 39.8 Å². The number of allylic oxidation sites excluding steroid dienone is 1. The molecule has 1 aromatic carbocycles. The Labute approximate surface area is 161 Å². The van der Waals surface area contributed by atoms with Crippen molar-refractivity contribution in [3.8, 4) is 6.07 Å². The average molecular weight is 387 g/mol. The standard InChI is InChI=1S/C21H26N2O3S/c1-15-6-5-7-17(10-15)27(24,25)21(4)8-9-26-18(12-21)16-11-19(23-13-16)20(2,3)14-22/h5-7,10-11,18H,8-9,12-13H2,1-4H3. The molecule has 0 radical (unpaired) electrons. The molecule has 2 atom stereocenters. The van der Waals surface area contributed by atoms with Crippen molar-refractivity contribution in [1.29, 1.82) is 5.26 Å². The molecule has 0 saturated carbocycles. The largest absolute Gasteiger partial charge is 0.374 e. The van der Waals surface area contributed by atoms with E-state index < -0.39 is 20.0 Å². The van der Waals surface area contributed by atoms with E-state index in [2.05, 4.69) is 11.1 Å². The molecule has 0 N–H and O–H groups in total. The van der Waals surface area contributed by atoms with Gasteiger partial charge in [0.2, 0.25) is 0 Å². The van der Waals surface area contributed by atoms with Crippen LogP contribution < -0.4 is 0 Å². The molecule has 0 spiro atoms. The smallest absolute Gasteiger partial charge is 0.184 e. The minimum Gasteiger partial charge on any atom is -0.374 e. The number of aryl methyl sites for hydroxylation is 1. The fraction of sp³-hybridized carbons (Fsp3) is 0.524. The zero-order valence-electron chi connectivity index (χ0n) is 16.3. The number of ether oxygens (including phenoxy) is 1. The van der Waals surface area contributed by atoms with Gasteiger partial charge in [0, 0.05) is 6.61 Å². The molecule has 2 unspecified atom stereocenters. The maximum absolute atomic E-state index is 13.3. The summed E-state index contributed by atoms with van der Waals surface area (Å²) in [4.78, 5) is 4.86. The van der Waals surface area contributed by atoms with Crippen LogP contribution in [0.2, 0.25) is 0 Å². The first-order valence-electron chi connectivity index (χ1n) is 9.19. The highest BCUT2D eigenvalue weighted by molar-refractivity contribution is 7.92. The summed E-state index contributed by atoms with van der Waals surface area (Å²) in [7, 11) is -3.49. The summed E-state index contributed by atoms with van der Waals surface area (Å²) in [5.41, 5.74) is 1.96. The van der Waals surface area contributed by atoms with Gasteiger partial charge in [0.05, 0.1) is 39.5 Å². The number of benzene rings is 1. The number of rotatable bonds is 4. The van der Waals surface area contributed by atoms with Crippen LogP contribution in [-0.4, -0.2) is 38.1 Å². The fourth-order valence-electron chi connectivity index (χ4n) is 3.59. The van der Waals surface area contributed by atoms with Crippen molar-refractivity contribution in [2.24, 2.45) is 10.4 Å². The summed E-state index contributed by atoms with van der Waals surface area (Å²) in [5, 5.41) is 9.32. The molecule has 144 valence electrons. The molecule has 5 nitrogen and oxygen atoms in total. The first-order chi connectivity index (χ1) is 12.6. The van der Waals surface area contributed by atoms with E-state index in [0.29, 0.717) is 30.9 Å². The van der Waals surface area contributed by atoms with Gasteiger partial charge >= 0.3 is 0 Å². The molecular weight excluding hydrogens is 360 g/mol. The van der Waals surface area contributed by atoms with Gasteiger partial charge in [-0.1, -0.05) is 12.1 Å². The molecule has 27 heavy (non-hydrogen) atoms. The predicted octanol–water partition coefficient (Wildman–Crippen LogP) is 3.64. The van der Waals surface area contributed by atoms with Gasteiger partial charge in [-0.3, -0.25) is 4.99 Å². The third-order valence-corrected chi connectivity index (χ3v) is 8.15. The number of nitriles is 1. The summed E-state index contributed by atoms with van der Waals surface area (Å²) < 4.78 is 31.7. The predicted molar refractivity (Wildman–Crippen MR) is 106 cm³/mol. The molecule has 1 fully saturated rings. The maximum Gasteiger partial charge on any atom is 0.184 e. The monoisotopic (exact) mass is 386 g/mol. The molecule has 6 heteroatoms. The van der Waals surface area contributed by atoms with E-state index in [4.69, 9.17) is 4.74 Å². The summed E-state index contributed by atoms with van der Waals surface area (Å²) in [5.74, 6) is 0. The zero-order chi connectivity index (χ0) is 19.9. The summed E-state index contributed by atoms with van der Waals surface area (Å²) in [6.45, 7) is 8.23. The van der Waals surface area contributed by atoms with Crippen molar-refractivity contribution in [3.63, 3.8) is 0 Å². The van der Waals surface area contributed by atoms with Crippen LogP contribution >= 0.6 is 0 Å². The molecule has 0 aromatic heterocycles. The van der Waals surface area contributed by atoms with Gasteiger partial charge in [-0.15, -0.1) is 0 Å². The highest BCUT2D eigenvalue weighted by Gasteiger charge is 2.46. The lowest BCUT2D eigenvalue weighted by atomic mass is 9.87. The molecule has 1 saturated heterocycles. The van der Waals surface area contributed by atoms with E-state index in [0.717, 1.165) is 16.8 Å². The average Bonchev–Trinajstić information content (AvgIpc) is 3.13. The van der Waals surface area contributed by atoms with Crippen LogP contribution in [0.4, 0.5) is 0 Å². The summed E-state index contributed by atoms with van der Waals surface area (Å²) in [6.07, 6.45) is 2.48. The molecule has 2 heterocycles. The minimum atomic E-state index is -3.49. The van der Waals surface area contributed by atoms with Crippen LogP contribution in [0.5, 0.6) is 0 Å². The molecule has 2 aliphatic rings. The van der Waals surface area contributed by atoms with Crippen molar-refractivity contribution >= 4 is 15.5 Å². The normalized spacial score (nSPS) is 26.3. The molecule has 1 aromatic rings. The fourth-order valence-corrected chi connectivity index (χ4v) is 5.48. The lowest BCUT2D eigenvalue weighted by Crippen LogP contribution is -2.45. The number of aliphatic imine (C=N–C) groups is 1. The SMILES string of the molecule is Cc1cccc(S(=O)(=O)C2(C)CCOC(C3=CC(C(C)(C)C#N)=NC3)C2)c1. The van der Waals surface area contributed by atoms with Crippen LogP contribution in [0.15, 0.2) is 45.8 Å². The second-order valence-corrected chi connectivity index (χ2v) is 10.7. The van der Waals surface area contributed by atoms with Crippen LogP contribution in [-0.2, 0) is 14.6 Å². The number of hydrogen-bond acceptors (Lipinski definition) is 5. The Morgan fingerprint density at radius 2 is 2.11 bits per heavy atom. The van der Waals surface area contributed by atoms with Gasteiger partial charge in [0.1, 0.15) is 0 Å². The Kier molecular flexibility index (Phi) is 5.04. The third-order valence-electron chi connectivity index (χ3n) is 5.60. The number of hydrogen-bond donors (Lipinski definition) is 0. The maximum atomic E-state index is 13.3. The van der Waals surface area contributed by atoms with Gasteiger partial charge in [-0.25, -0.2) is 8.42 Å². The van der Waals surface area contributed by atoms with E-state index in [-0.39, 0.29) is 6.10 Å². The molecule has 2 aliphatic heterocycles. The molecular formula is C21H26N2O3S. The molecule has 0 bridgehead atoms. The first-order valence-corrected chi connectivity index (χ1v) is 10.7. The van der Waals surface area contributed by atoms with Crippen LogP contribution in [0, 0.1) is 23.7 Å². The van der Waals surface area contributed by atoms with Crippen molar-refractivity contribution in [2.45, 2.75) is 56.3 Å². The molecule has 0 aliphatic carbocycles. The van der Waals surface area contributed by atoms with E-state index in [9.17, 15) is 13.7 Å². The Morgan fingerprint density at radius 1 is 1.37 bits per heavy atom. The van der Waals surface area contributed by atoms with E-state index in [1.165, 1.54) is 0 Å². The quantitative estimate of drug-likeness (QED) is 0.791. The van der Waals surface area contributed by atoms with Gasteiger partial charge in [-0.05, 0) is 69.9 Å². The summed E-state index contributed by atoms with van der Waals surface area (Å²) >= 11 is 0. The van der Waals surface area contributed by atoms with Crippen LogP contribution in [0.25, 0.3) is 0 Å². The van der Waals surface area contributed by atoms with Gasteiger partial charge in [0.15, 0.2) is 9.84 Å². The lowest BCUT2D eigenvalue weighted by molar-refractivity contribution is 0.0236. The van der Waals surface area contributed by atoms with E-state index in [1.54, 1.807) is 18.2 Å². The zero-order valence-corrected chi connectivity index (χ0v) is 17.1. The Bertz CT molecular complexity index is 954. The second kappa shape index (κ2) is 6.88. The molecule has 3 rings (SSSR count). The topological polar surface area (TPSA) is 79.5 Å². The van der Waals surface area contributed by atoms with Gasteiger partial charge in [0.25, 0.3) is 0 Å². The summed E-state index contributed by atoms with van der Waals surface area (Å²) in [6, 6.07) is 9.34.